The summed E-state index contributed by atoms with van der Waals surface area (Å²) in [6.07, 6.45) is 0. The Morgan fingerprint density at radius 3 is 1.88 bits per heavy atom. The number of fused-ring (bicyclic) bond motifs is 4. The first-order chi connectivity index (χ1) is 16.9. The molecule has 1 aliphatic rings. The van der Waals surface area contributed by atoms with Crippen LogP contribution in [-0.4, -0.2) is 0 Å². The first kappa shape index (κ1) is 18.9. The van der Waals surface area contributed by atoms with Crippen molar-refractivity contribution in [1.29, 1.82) is 0 Å². The largest absolute Gasteiger partial charge is 0.0622 e. The fraction of sp³-hybridized carbons (Fsp3) is 0. The Morgan fingerprint density at radius 1 is 0.471 bits per heavy atom. The number of benzene rings is 6. The van der Waals surface area contributed by atoms with Crippen molar-refractivity contribution in [2.75, 3.05) is 0 Å². The average Bonchev–Trinajstić information content (AvgIpc) is 3.25. The predicted octanol–water partition coefficient (Wildman–Crippen LogP) is 7.34. The van der Waals surface area contributed by atoms with Crippen molar-refractivity contribution in [1.82, 2.24) is 0 Å². The lowest BCUT2D eigenvalue weighted by Gasteiger charge is -2.13. The fourth-order valence-electron chi connectivity index (χ4n) is 5.43. The van der Waals surface area contributed by atoms with Crippen LogP contribution in [0.15, 0.2) is 121 Å². The van der Waals surface area contributed by atoms with Crippen LogP contribution in [0.4, 0.5) is 0 Å². The monoisotopic (exact) mass is 428 g/mol. The fourth-order valence-corrected chi connectivity index (χ4v) is 5.43. The molecule has 0 spiro atoms. The highest BCUT2D eigenvalue weighted by Gasteiger charge is 2.26. The van der Waals surface area contributed by atoms with Gasteiger partial charge >= 0.3 is 0 Å². The van der Waals surface area contributed by atoms with Gasteiger partial charge in [-0.05, 0) is 61.2 Å². The molecule has 0 saturated carbocycles. The Kier molecular flexibility index (Phi) is 4.16. The number of rotatable bonds is 1. The van der Waals surface area contributed by atoms with Gasteiger partial charge in [0.2, 0.25) is 0 Å². The van der Waals surface area contributed by atoms with Gasteiger partial charge in [0.05, 0.1) is 0 Å². The van der Waals surface area contributed by atoms with Crippen molar-refractivity contribution in [2.24, 2.45) is 0 Å². The highest BCUT2D eigenvalue weighted by molar-refractivity contribution is 6.18. The lowest BCUT2D eigenvalue weighted by Crippen LogP contribution is -2.10. The predicted molar refractivity (Wildman–Crippen MR) is 143 cm³/mol. The summed E-state index contributed by atoms with van der Waals surface area (Å²) in [5.74, 6) is 7.07. The van der Waals surface area contributed by atoms with Crippen LogP contribution < -0.4 is 5.22 Å². The molecular weight excluding hydrogens is 408 g/mol. The second kappa shape index (κ2) is 7.48. The standard InChI is InChI=1S/C34H20/c1-3-11-23(12-4-1)21-22-29-26-19-9-15-24-16-10-20-30(31(24)26)34-32(25-13-5-2-6-14-25)27-17-7-8-18-28(27)33(29)34/h1-20H. The molecule has 1 aliphatic carbocycles. The zero-order valence-corrected chi connectivity index (χ0v) is 18.5. The lowest BCUT2D eigenvalue weighted by molar-refractivity contribution is 1.57. The summed E-state index contributed by atoms with van der Waals surface area (Å²) in [6, 6.07) is 43.1. The van der Waals surface area contributed by atoms with Gasteiger partial charge in [-0.3, -0.25) is 0 Å². The Bertz CT molecular complexity index is 1820. The maximum absolute atomic E-state index is 3.62. The van der Waals surface area contributed by atoms with Crippen LogP contribution in [0.5, 0.6) is 0 Å². The van der Waals surface area contributed by atoms with Gasteiger partial charge in [0.1, 0.15) is 0 Å². The minimum absolute atomic E-state index is 1.03. The summed E-state index contributed by atoms with van der Waals surface area (Å²) in [5.41, 5.74) is 8.48. The zero-order chi connectivity index (χ0) is 22.5. The zero-order valence-electron chi connectivity index (χ0n) is 18.5. The van der Waals surface area contributed by atoms with Gasteiger partial charge in [-0.1, -0.05) is 121 Å². The first-order valence-electron chi connectivity index (χ1n) is 11.6. The van der Waals surface area contributed by atoms with E-state index < -0.39 is 0 Å². The molecule has 6 aromatic rings. The molecule has 0 radical (unpaired) electrons. The molecule has 6 aromatic carbocycles. The third kappa shape index (κ3) is 2.75. The summed E-state index contributed by atoms with van der Waals surface area (Å²) >= 11 is 0. The molecule has 0 aromatic heterocycles. The van der Waals surface area contributed by atoms with Crippen LogP contribution in [0.1, 0.15) is 22.3 Å². The molecule has 0 amide bonds. The summed E-state index contributed by atoms with van der Waals surface area (Å²) < 4.78 is 0. The highest BCUT2D eigenvalue weighted by Crippen LogP contribution is 2.41. The van der Waals surface area contributed by atoms with Crippen molar-refractivity contribution >= 4 is 27.1 Å². The lowest BCUT2D eigenvalue weighted by atomic mass is 9.89. The van der Waals surface area contributed by atoms with Crippen LogP contribution in [0.2, 0.25) is 0 Å². The summed E-state index contributed by atoms with van der Waals surface area (Å²) in [5, 5.41) is 6.36. The van der Waals surface area contributed by atoms with Gasteiger partial charge < -0.3 is 0 Å². The van der Waals surface area contributed by atoms with Gasteiger partial charge in [0.15, 0.2) is 0 Å². The van der Waals surface area contributed by atoms with E-state index in [0.29, 0.717) is 0 Å². The third-order valence-electron chi connectivity index (χ3n) is 6.83. The van der Waals surface area contributed by atoms with Crippen molar-refractivity contribution in [3.8, 4) is 23.0 Å². The average molecular weight is 429 g/mol. The van der Waals surface area contributed by atoms with Gasteiger partial charge in [0, 0.05) is 16.7 Å². The normalized spacial score (nSPS) is 11.8. The Balaban J connectivity index is 1.73. The maximum Gasteiger partial charge on any atom is 0.0413 e. The minimum atomic E-state index is 1.03. The third-order valence-corrected chi connectivity index (χ3v) is 6.83. The first-order valence-corrected chi connectivity index (χ1v) is 11.6. The minimum Gasteiger partial charge on any atom is -0.0622 e. The maximum atomic E-state index is 3.62. The second-order valence-electron chi connectivity index (χ2n) is 8.74. The molecule has 0 atom stereocenters. The SMILES string of the molecule is C(#Cc1c2c(c3cccc4cccc1c43)=C(c1ccccc1)c1ccccc1-2)c1ccccc1. The molecule has 0 heteroatoms. The molecule has 0 fully saturated rings. The van der Waals surface area contributed by atoms with Gasteiger partial charge in [-0.15, -0.1) is 0 Å². The van der Waals surface area contributed by atoms with Crippen LogP contribution in [0, 0.1) is 11.8 Å². The second-order valence-corrected chi connectivity index (χ2v) is 8.74. The Hall–Kier alpha value is -4.60. The van der Waals surface area contributed by atoms with Crippen LogP contribution in [-0.2, 0) is 0 Å². The van der Waals surface area contributed by atoms with Crippen molar-refractivity contribution in [2.45, 2.75) is 0 Å². The van der Waals surface area contributed by atoms with Gasteiger partial charge in [-0.25, -0.2) is 0 Å². The van der Waals surface area contributed by atoms with E-state index in [1.54, 1.807) is 0 Å². The van der Waals surface area contributed by atoms with E-state index in [-0.39, 0.29) is 0 Å². The van der Waals surface area contributed by atoms with Crippen molar-refractivity contribution < 1.29 is 0 Å². The van der Waals surface area contributed by atoms with E-state index in [1.165, 1.54) is 54.6 Å². The van der Waals surface area contributed by atoms with E-state index in [0.717, 1.165) is 11.1 Å². The van der Waals surface area contributed by atoms with E-state index >= 15 is 0 Å². The van der Waals surface area contributed by atoms with Crippen LogP contribution in [0.3, 0.4) is 0 Å². The summed E-state index contributed by atoms with van der Waals surface area (Å²) in [7, 11) is 0. The molecule has 156 valence electrons. The molecule has 0 nitrogen and oxygen atoms in total. The molecule has 34 heavy (non-hydrogen) atoms. The number of hydrogen-bond donors (Lipinski definition) is 0. The molecule has 7 rings (SSSR count). The molecule has 0 N–H and O–H groups in total. The molecular formula is C34H20. The van der Waals surface area contributed by atoms with Crippen LogP contribution >= 0.6 is 0 Å². The Morgan fingerprint density at radius 2 is 1.12 bits per heavy atom. The van der Waals surface area contributed by atoms with Crippen molar-refractivity contribution in [3.05, 3.63) is 149 Å². The van der Waals surface area contributed by atoms with E-state index in [2.05, 4.69) is 115 Å². The smallest absolute Gasteiger partial charge is 0.0413 e. The van der Waals surface area contributed by atoms with Gasteiger partial charge in [0.25, 0.3) is 0 Å². The van der Waals surface area contributed by atoms with E-state index in [1.807, 2.05) is 18.2 Å². The van der Waals surface area contributed by atoms with Gasteiger partial charge in [-0.2, -0.15) is 0 Å². The quantitative estimate of drug-likeness (QED) is 0.240. The Labute approximate surface area is 198 Å². The molecule has 0 unspecified atom stereocenters. The van der Waals surface area contributed by atoms with Crippen LogP contribution in [0.25, 0.3) is 38.2 Å². The molecule has 0 bridgehead atoms. The van der Waals surface area contributed by atoms with Crippen molar-refractivity contribution in [3.63, 3.8) is 0 Å². The molecule has 0 saturated heterocycles. The number of hydrogen-bond acceptors (Lipinski definition) is 0. The molecule has 0 aliphatic heterocycles. The highest BCUT2D eigenvalue weighted by atomic mass is 14.3. The summed E-state index contributed by atoms with van der Waals surface area (Å²) in [4.78, 5) is 0. The molecule has 0 heterocycles. The van der Waals surface area contributed by atoms with E-state index in [4.69, 9.17) is 0 Å². The topological polar surface area (TPSA) is 0 Å². The summed E-state index contributed by atoms with van der Waals surface area (Å²) in [6.45, 7) is 0. The van der Waals surface area contributed by atoms with E-state index in [9.17, 15) is 0 Å².